The number of hydrogen-bond donors (Lipinski definition) is 1. The number of pyridine rings is 2. The summed E-state index contributed by atoms with van der Waals surface area (Å²) >= 11 is 0. The summed E-state index contributed by atoms with van der Waals surface area (Å²) in [5.74, 6) is 2.07. The highest BCUT2D eigenvalue weighted by Gasteiger charge is 2.18. The molecule has 3 heterocycles. The lowest BCUT2D eigenvalue weighted by molar-refractivity contribution is 0.102. The number of anilines is 2. The van der Waals surface area contributed by atoms with Gasteiger partial charge in [0.25, 0.3) is 5.91 Å². The van der Waals surface area contributed by atoms with Gasteiger partial charge in [-0.15, -0.1) is 0 Å². The predicted octanol–water partition coefficient (Wildman–Crippen LogP) is 3.61. The molecule has 2 aromatic heterocycles. The number of carbonyl (C=O) groups excluding carboxylic acids is 1. The number of amides is 1. The second-order valence-electron chi connectivity index (χ2n) is 6.89. The Morgan fingerprint density at radius 1 is 1.07 bits per heavy atom. The summed E-state index contributed by atoms with van der Waals surface area (Å²) in [4.78, 5) is 23.3. The fourth-order valence-electron chi connectivity index (χ4n) is 3.29. The van der Waals surface area contributed by atoms with Crippen LogP contribution in [0, 0.1) is 6.92 Å². The van der Waals surface area contributed by atoms with Crippen LogP contribution in [0.2, 0.25) is 0 Å². The molecule has 0 saturated carbocycles. The number of carbonyl (C=O) groups is 1. The maximum absolute atomic E-state index is 12.4. The number of ether oxygens (including phenoxy) is 1. The first-order valence-electron chi connectivity index (χ1n) is 9.23. The minimum atomic E-state index is -0.216. The zero-order valence-electron chi connectivity index (χ0n) is 16.0. The highest BCUT2D eigenvalue weighted by atomic mass is 16.5. The summed E-state index contributed by atoms with van der Waals surface area (Å²) < 4.78 is 5.31. The summed E-state index contributed by atoms with van der Waals surface area (Å²) in [5.41, 5.74) is 4.15. The van der Waals surface area contributed by atoms with Crippen LogP contribution in [0.4, 0.5) is 11.6 Å². The number of nitrogens with zero attached hydrogens (tertiary/aromatic N) is 3. The standard InChI is InChI=1S/C22H22N4O2/c1-15-3-7-20(23-12-15)25-22(27)17-5-8-21(24-13-17)26-10-9-16-11-19(28-2)6-4-18(16)14-26/h3-8,11-13H,9-10,14H2,1-2H3,(H,23,25,27). The summed E-state index contributed by atoms with van der Waals surface area (Å²) in [6.07, 6.45) is 4.28. The van der Waals surface area contributed by atoms with Crippen molar-refractivity contribution in [1.29, 1.82) is 0 Å². The molecule has 0 unspecified atom stereocenters. The number of fused-ring (bicyclic) bond motifs is 1. The average Bonchev–Trinajstić information content (AvgIpc) is 2.74. The number of benzene rings is 1. The van der Waals surface area contributed by atoms with Crippen molar-refractivity contribution in [3.8, 4) is 5.75 Å². The van der Waals surface area contributed by atoms with E-state index in [1.54, 1.807) is 31.6 Å². The molecular formula is C22H22N4O2. The third kappa shape index (κ3) is 3.81. The van der Waals surface area contributed by atoms with Gasteiger partial charge in [0.2, 0.25) is 0 Å². The van der Waals surface area contributed by atoms with Crippen molar-refractivity contribution in [2.75, 3.05) is 23.9 Å². The summed E-state index contributed by atoms with van der Waals surface area (Å²) in [6.45, 7) is 3.63. The van der Waals surface area contributed by atoms with Gasteiger partial charge in [-0.05, 0) is 60.4 Å². The minimum Gasteiger partial charge on any atom is -0.497 e. The highest BCUT2D eigenvalue weighted by molar-refractivity contribution is 6.03. The van der Waals surface area contributed by atoms with Gasteiger partial charge < -0.3 is 15.0 Å². The molecule has 0 bridgehead atoms. The van der Waals surface area contributed by atoms with E-state index in [1.807, 2.05) is 25.1 Å². The van der Waals surface area contributed by atoms with E-state index < -0.39 is 0 Å². The fourth-order valence-corrected chi connectivity index (χ4v) is 3.29. The Morgan fingerprint density at radius 3 is 2.68 bits per heavy atom. The van der Waals surface area contributed by atoms with Gasteiger partial charge in [0.15, 0.2) is 0 Å². The van der Waals surface area contributed by atoms with Crippen LogP contribution in [-0.2, 0) is 13.0 Å². The second-order valence-corrected chi connectivity index (χ2v) is 6.89. The minimum absolute atomic E-state index is 0.216. The van der Waals surface area contributed by atoms with Crippen molar-refractivity contribution in [2.45, 2.75) is 19.9 Å². The summed E-state index contributed by atoms with van der Waals surface area (Å²) in [6, 6.07) is 13.6. The maximum Gasteiger partial charge on any atom is 0.258 e. The van der Waals surface area contributed by atoms with Crippen molar-refractivity contribution < 1.29 is 9.53 Å². The van der Waals surface area contributed by atoms with Crippen LogP contribution in [-0.4, -0.2) is 29.5 Å². The Hall–Kier alpha value is -3.41. The van der Waals surface area contributed by atoms with E-state index in [1.165, 1.54) is 11.1 Å². The van der Waals surface area contributed by atoms with Crippen molar-refractivity contribution in [1.82, 2.24) is 9.97 Å². The molecule has 4 rings (SSSR count). The smallest absolute Gasteiger partial charge is 0.258 e. The molecule has 0 aliphatic carbocycles. The molecule has 0 fully saturated rings. The van der Waals surface area contributed by atoms with Gasteiger partial charge in [-0.1, -0.05) is 12.1 Å². The first kappa shape index (κ1) is 18.0. The normalized spacial score (nSPS) is 13.0. The molecule has 142 valence electrons. The monoisotopic (exact) mass is 374 g/mol. The molecule has 6 nitrogen and oxygen atoms in total. The van der Waals surface area contributed by atoms with Gasteiger partial charge in [0.1, 0.15) is 17.4 Å². The molecule has 1 aliphatic heterocycles. The summed E-state index contributed by atoms with van der Waals surface area (Å²) in [7, 11) is 1.69. The number of nitrogens with one attached hydrogen (secondary N) is 1. The van der Waals surface area contributed by atoms with E-state index in [-0.39, 0.29) is 5.91 Å². The number of aromatic nitrogens is 2. The zero-order valence-corrected chi connectivity index (χ0v) is 16.0. The Balaban J connectivity index is 1.44. The molecule has 3 aromatic rings. The van der Waals surface area contributed by atoms with Crippen LogP contribution in [0.15, 0.2) is 54.9 Å². The van der Waals surface area contributed by atoms with E-state index >= 15 is 0 Å². The van der Waals surface area contributed by atoms with Crippen LogP contribution < -0.4 is 15.0 Å². The van der Waals surface area contributed by atoms with Gasteiger partial charge in [0.05, 0.1) is 12.7 Å². The van der Waals surface area contributed by atoms with E-state index in [4.69, 9.17) is 4.74 Å². The Morgan fingerprint density at radius 2 is 1.96 bits per heavy atom. The Labute approximate surface area is 164 Å². The molecule has 6 heteroatoms. The molecule has 1 aliphatic rings. The third-order valence-electron chi connectivity index (χ3n) is 4.91. The van der Waals surface area contributed by atoms with Crippen LogP contribution in [0.25, 0.3) is 0 Å². The predicted molar refractivity (Wildman–Crippen MR) is 109 cm³/mol. The highest BCUT2D eigenvalue weighted by Crippen LogP contribution is 2.26. The topological polar surface area (TPSA) is 67.3 Å². The Kier molecular flexibility index (Phi) is 4.93. The molecule has 1 amide bonds. The maximum atomic E-state index is 12.4. The largest absolute Gasteiger partial charge is 0.497 e. The van der Waals surface area contributed by atoms with Crippen LogP contribution >= 0.6 is 0 Å². The zero-order chi connectivity index (χ0) is 19.5. The number of hydrogen-bond acceptors (Lipinski definition) is 5. The molecule has 0 saturated heterocycles. The summed E-state index contributed by atoms with van der Waals surface area (Å²) in [5, 5.41) is 2.79. The SMILES string of the molecule is COc1ccc2c(c1)CCN(c1ccc(C(=O)Nc3ccc(C)cn3)cn1)C2. The van der Waals surface area contributed by atoms with Gasteiger partial charge in [0, 0.05) is 25.5 Å². The van der Waals surface area contributed by atoms with Gasteiger partial charge in [-0.25, -0.2) is 9.97 Å². The number of rotatable bonds is 4. The number of aryl methyl sites for hydroxylation is 1. The molecule has 0 radical (unpaired) electrons. The van der Waals surface area contributed by atoms with E-state index in [0.717, 1.165) is 36.6 Å². The van der Waals surface area contributed by atoms with Crippen molar-refractivity contribution >= 4 is 17.5 Å². The molecule has 28 heavy (non-hydrogen) atoms. The molecule has 0 atom stereocenters. The van der Waals surface area contributed by atoms with Gasteiger partial charge >= 0.3 is 0 Å². The quantitative estimate of drug-likeness (QED) is 0.756. The lowest BCUT2D eigenvalue weighted by Gasteiger charge is -2.30. The molecular weight excluding hydrogens is 352 g/mol. The average molecular weight is 374 g/mol. The third-order valence-corrected chi connectivity index (χ3v) is 4.91. The van der Waals surface area contributed by atoms with Crippen LogP contribution in [0.3, 0.4) is 0 Å². The lowest BCUT2D eigenvalue weighted by atomic mass is 9.99. The van der Waals surface area contributed by atoms with E-state index in [2.05, 4.69) is 32.3 Å². The molecule has 0 spiro atoms. The first-order chi connectivity index (χ1) is 13.6. The van der Waals surface area contributed by atoms with Crippen LogP contribution in [0.1, 0.15) is 27.0 Å². The molecule has 1 N–H and O–H groups in total. The first-order valence-corrected chi connectivity index (χ1v) is 9.23. The molecule has 1 aromatic carbocycles. The van der Waals surface area contributed by atoms with E-state index in [0.29, 0.717) is 11.4 Å². The van der Waals surface area contributed by atoms with Crippen molar-refractivity contribution in [3.05, 3.63) is 77.1 Å². The van der Waals surface area contributed by atoms with Crippen molar-refractivity contribution in [3.63, 3.8) is 0 Å². The lowest BCUT2D eigenvalue weighted by Crippen LogP contribution is -2.31. The van der Waals surface area contributed by atoms with Crippen molar-refractivity contribution in [2.24, 2.45) is 0 Å². The van der Waals surface area contributed by atoms with E-state index in [9.17, 15) is 4.79 Å². The second kappa shape index (κ2) is 7.68. The van der Waals surface area contributed by atoms with Gasteiger partial charge in [-0.2, -0.15) is 0 Å². The fraction of sp³-hybridized carbons (Fsp3) is 0.227. The number of methoxy groups -OCH3 is 1. The Bertz CT molecular complexity index is 984. The van der Waals surface area contributed by atoms with Crippen LogP contribution in [0.5, 0.6) is 5.75 Å². The van der Waals surface area contributed by atoms with Gasteiger partial charge in [-0.3, -0.25) is 4.79 Å².